The van der Waals surface area contributed by atoms with E-state index in [2.05, 4.69) is 10.1 Å². The van der Waals surface area contributed by atoms with Gasteiger partial charge in [0, 0.05) is 5.92 Å². The van der Waals surface area contributed by atoms with Crippen LogP contribution in [0.1, 0.15) is 54.9 Å². The molecule has 0 spiro atoms. The minimum absolute atomic E-state index is 0.323. The molecule has 2 aliphatic carbocycles. The highest BCUT2D eigenvalue weighted by molar-refractivity contribution is 5.23. The van der Waals surface area contributed by atoms with Gasteiger partial charge in [-0.25, -0.2) is 0 Å². The molecule has 4 heteroatoms. The Kier molecular flexibility index (Phi) is 2.84. The van der Waals surface area contributed by atoms with Gasteiger partial charge in [0.1, 0.15) is 6.04 Å². The van der Waals surface area contributed by atoms with Gasteiger partial charge < -0.3 is 10.3 Å². The molecule has 1 aromatic heterocycles. The summed E-state index contributed by atoms with van der Waals surface area (Å²) in [5.74, 6) is 3.55. The third-order valence-corrected chi connectivity index (χ3v) is 4.95. The highest BCUT2D eigenvalue weighted by Gasteiger charge is 2.42. The number of hydrogen-bond donors (Lipinski definition) is 1. The van der Waals surface area contributed by atoms with Crippen molar-refractivity contribution >= 4 is 0 Å². The van der Waals surface area contributed by atoms with Crippen molar-refractivity contribution in [3.8, 4) is 0 Å². The van der Waals surface area contributed by atoms with Gasteiger partial charge in [-0.05, 0) is 36.7 Å². The Bertz CT molecular complexity index is 595. The van der Waals surface area contributed by atoms with E-state index in [1.165, 1.54) is 25.7 Å². The summed E-state index contributed by atoms with van der Waals surface area (Å²) in [6, 6.07) is 9.59. The third-order valence-electron chi connectivity index (χ3n) is 4.95. The number of hydrogen-bond acceptors (Lipinski definition) is 4. The van der Waals surface area contributed by atoms with Gasteiger partial charge in [0.2, 0.25) is 5.89 Å². The van der Waals surface area contributed by atoms with Crippen LogP contribution in [0.4, 0.5) is 0 Å². The SMILES string of the molecule is N[C@H](c1ccccc1)c1nc(C2CC3CCC2C3)no1. The lowest BCUT2D eigenvalue weighted by molar-refractivity contribution is 0.345. The molecule has 0 saturated heterocycles. The largest absolute Gasteiger partial charge is 0.337 e. The zero-order valence-electron chi connectivity index (χ0n) is 11.4. The minimum Gasteiger partial charge on any atom is -0.337 e. The zero-order chi connectivity index (χ0) is 13.5. The molecule has 4 atom stereocenters. The van der Waals surface area contributed by atoms with Gasteiger partial charge in [-0.3, -0.25) is 0 Å². The summed E-state index contributed by atoms with van der Waals surface area (Å²) < 4.78 is 5.41. The van der Waals surface area contributed by atoms with E-state index in [4.69, 9.17) is 10.3 Å². The standard InChI is InChI=1S/C16H19N3O/c17-14(11-4-2-1-3-5-11)16-18-15(19-20-16)13-9-10-6-7-12(13)8-10/h1-5,10,12-14H,6-9,17H2/t10?,12?,13?,14-/m1/s1. The molecule has 4 rings (SSSR count). The van der Waals surface area contributed by atoms with Gasteiger partial charge >= 0.3 is 0 Å². The van der Waals surface area contributed by atoms with Crippen LogP contribution < -0.4 is 5.73 Å². The summed E-state index contributed by atoms with van der Waals surface area (Å²) in [5.41, 5.74) is 7.22. The van der Waals surface area contributed by atoms with Crippen LogP contribution in [0.5, 0.6) is 0 Å². The third kappa shape index (κ3) is 1.95. The fourth-order valence-corrected chi connectivity index (χ4v) is 3.89. The molecule has 0 amide bonds. The van der Waals surface area contributed by atoms with Gasteiger partial charge in [0.25, 0.3) is 0 Å². The van der Waals surface area contributed by atoms with E-state index in [0.717, 1.165) is 23.2 Å². The molecule has 104 valence electrons. The van der Waals surface area contributed by atoms with Gasteiger partial charge in [0.05, 0.1) is 0 Å². The average Bonchev–Trinajstić information content (AvgIpc) is 3.23. The number of fused-ring (bicyclic) bond motifs is 2. The van der Waals surface area contributed by atoms with Gasteiger partial charge in [-0.1, -0.05) is 41.9 Å². The molecule has 2 fully saturated rings. The minimum atomic E-state index is -0.323. The predicted molar refractivity (Wildman–Crippen MR) is 75.0 cm³/mol. The molecular weight excluding hydrogens is 250 g/mol. The lowest BCUT2D eigenvalue weighted by Crippen LogP contribution is -2.13. The number of nitrogens with zero attached hydrogens (tertiary/aromatic N) is 2. The Labute approximate surface area is 118 Å². The Balaban J connectivity index is 1.56. The Morgan fingerprint density at radius 1 is 1.15 bits per heavy atom. The number of benzene rings is 1. The maximum absolute atomic E-state index is 6.21. The van der Waals surface area contributed by atoms with E-state index < -0.39 is 0 Å². The van der Waals surface area contributed by atoms with Crippen LogP contribution in [0.25, 0.3) is 0 Å². The lowest BCUT2D eigenvalue weighted by atomic mass is 9.88. The summed E-state index contributed by atoms with van der Waals surface area (Å²) in [4.78, 5) is 4.58. The summed E-state index contributed by atoms with van der Waals surface area (Å²) in [5, 5.41) is 4.20. The lowest BCUT2D eigenvalue weighted by Gasteiger charge is -2.17. The van der Waals surface area contributed by atoms with Gasteiger partial charge in [0.15, 0.2) is 5.82 Å². The number of rotatable bonds is 3. The predicted octanol–water partition coefficient (Wildman–Crippen LogP) is 3.02. The van der Waals surface area contributed by atoms with E-state index in [9.17, 15) is 0 Å². The van der Waals surface area contributed by atoms with E-state index in [1.54, 1.807) is 0 Å². The van der Waals surface area contributed by atoms with E-state index >= 15 is 0 Å². The molecule has 2 bridgehead atoms. The van der Waals surface area contributed by atoms with Crippen molar-refractivity contribution in [3.63, 3.8) is 0 Å². The van der Waals surface area contributed by atoms with Crippen molar-refractivity contribution in [1.82, 2.24) is 10.1 Å². The van der Waals surface area contributed by atoms with E-state index in [-0.39, 0.29) is 6.04 Å². The molecule has 0 radical (unpaired) electrons. The second-order valence-electron chi connectivity index (χ2n) is 6.16. The molecule has 2 aliphatic rings. The fourth-order valence-electron chi connectivity index (χ4n) is 3.89. The van der Waals surface area contributed by atoms with Crippen LogP contribution in [0, 0.1) is 11.8 Å². The molecule has 0 aliphatic heterocycles. The average molecular weight is 269 g/mol. The van der Waals surface area contributed by atoms with Crippen LogP contribution >= 0.6 is 0 Å². The van der Waals surface area contributed by atoms with E-state index in [1.807, 2.05) is 30.3 Å². The first-order valence-corrected chi connectivity index (χ1v) is 7.45. The number of aromatic nitrogens is 2. The molecule has 2 saturated carbocycles. The molecule has 20 heavy (non-hydrogen) atoms. The Morgan fingerprint density at radius 2 is 2.00 bits per heavy atom. The van der Waals surface area contributed by atoms with Crippen LogP contribution in [0.3, 0.4) is 0 Å². The van der Waals surface area contributed by atoms with Crippen LogP contribution in [0.2, 0.25) is 0 Å². The first-order chi connectivity index (χ1) is 9.81. The topological polar surface area (TPSA) is 64.9 Å². The second kappa shape index (κ2) is 4.70. The normalized spacial score (nSPS) is 29.8. The van der Waals surface area contributed by atoms with Crippen molar-refractivity contribution in [3.05, 3.63) is 47.6 Å². The summed E-state index contributed by atoms with van der Waals surface area (Å²) in [6.45, 7) is 0. The van der Waals surface area contributed by atoms with Crippen molar-refractivity contribution in [2.24, 2.45) is 17.6 Å². The Morgan fingerprint density at radius 3 is 2.70 bits per heavy atom. The highest BCUT2D eigenvalue weighted by atomic mass is 16.5. The monoisotopic (exact) mass is 269 g/mol. The maximum atomic E-state index is 6.21. The molecule has 3 unspecified atom stereocenters. The van der Waals surface area contributed by atoms with Gasteiger partial charge in [-0.2, -0.15) is 4.98 Å². The van der Waals surface area contributed by atoms with Crippen molar-refractivity contribution in [2.45, 2.75) is 37.6 Å². The summed E-state index contributed by atoms with van der Waals surface area (Å²) in [7, 11) is 0. The summed E-state index contributed by atoms with van der Waals surface area (Å²) in [6.07, 6.45) is 5.28. The first kappa shape index (κ1) is 12.1. The molecule has 2 N–H and O–H groups in total. The highest BCUT2D eigenvalue weighted by Crippen LogP contribution is 2.52. The maximum Gasteiger partial charge on any atom is 0.248 e. The quantitative estimate of drug-likeness (QED) is 0.930. The number of nitrogens with two attached hydrogens (primary N) is 1. The second-order valence-corrected chi connectivity index (χ2v) is 6.16. The van der Waals surface area contributed by atoms with Crippen LogP contribution in [-0.2, 0) is 0 Å². The Hall–Kier alpha value is -1.68. The van der Waals surface area contributed by atoms with Crippen molar-refractivity contribution in [2.75, 3.05) is 0 Å². The molecular formula is C16H19N3O. The van der Waals surface area contributed by atoms with Crippen LogP contribution in [-0.4, -0.2) is 10.1 Å². The zero-order valence-corrected chi connectivity index (χ0v) is 11.4. The molecule has 1 aromatic carbocycles. The first-order valence-electron chi connectivity index (χ1n) is 7.45. The smallest absolute Gasteiger partial charge is 0.248 e. The molecule has 2 aromatic rings. The van der Waals surface area contributed by atoms with Crippen molar-refractivity contribution < 1.29 is 4.52 Å². The summed E-state index contributed by atoms with van der Waals surface area (Å²) >= 11 is 0. The van der Waals surface area contributed by atoms with E-state index in [0.29, 0.717) is 11.8 Å². The van der Waals surface area contributed by atoms with Crippen LogP contribution in [0.15, 0.2) is 34.9 Å². The fraction of sp³-hybridized carbons (Fsp3) is 0.500. The molecule has 4 nitrogen and oxygen atoms in total. The molecule has 1 heterocycles. The van der Waals surface area contributed by atoms with Crippen molar-refractivity contribution in [1.29, 1.82) is 0 Å². The van der Waals surface area contributed by atoms with Gasteiger partial charge in [-0.15, -0.1) is 0 Å².